The molecule has 0 radical (unpaired) electrons. The van der Waals surface area contributed by atoms with Gasteiger partial charge in [0.2, 0.25) is 0 Å². The quantitative estimate of drug-likeness (QED) is 0.882. The molecule has 1 atom stereocenters. The Morgan fingerprint density at radius 2 is 2.26 bits per heavy atom. The van der Waals surface area contributed by atoms with Gasteiger partial charge < -0.3 is 10.4 Å². The normalized spacial score (nSPS) is 12.1. The van der Waals surface area contributed by atoms with E-state index in [0.717, 1.165) is 5.56 Å². The maximum atomic E-state index is 13.5. The van der Waals surface area contributed by atoms with Gasteiger partial charge in [-0.05, 0) is 40.6 Å². The Labute approximate surface area is 114 Å². The van der Waals surface area contributed by atoms with Gasteiger partial charge in [0, 0.05) is 18.7 Å². The van der Waals surface area contributed by atoms with E-state index >= 15 is 0 Å². The molecule has 2 rings (SSSR count). The van der Waals surface area contributed by atoms with Gasteiger partial charge >= 0.3 is 0 Å². The molecular formula is C14H13FN2OS. The summed E-state index contributed by atoms with van der Waals surface area (Å²) in [7, 11) is 0. The summed E-state index contributed by atoms with van der Waals surface area (Å²) in [6, 6.07) is 8.07. The maximum absolute atomic E-state index is 13.5. The summed E-state index contributed by atoms with van der Waals surface area (Å²) in [6.45, 7) is 0.621. The van der Waals surface area contributed by atoms with Crippen LogP contribution in [-0.2, 0) is 6.54 Å². The lowest BCUT2D eigenvalue weighted by molar-refractivity contribution is 0.174. The predicted molar refractivity (Wildman–Crippen MR) is 72.1 cm³/mol. The van der Waals surface area contributed by atoms with Crippen LogP contribution in [0.5, 0.6) is 0 Å². The summed E-state index contributed by atoms with van der Waals surface area (Å²) < 4.78 is 13.5. The molecule has 0 amide bonds. The summed E-state index contributed by atoms with van der Waals surface area (Å²) >= 11 is 1.52. The second-order valence-corrected chi connectivity index (χ2v) is 4.90. The molecule has 19 heavy (non-hydrogen) atoms. The maximum Gasteiger partial charge on any atom is 0.127 e. The molecule has 0 aliphatic carbocycles. The smallest absolute Gasteiger partial charge is 0.127 e. The fourth-order valence-electron chi connectivity index (χ4n) is 1.71. The summed E-state index contributed by atoms with van der Waals surface area (Å²) in [6.07, 6.45) is -0.603. The fraction of sp³-hybridized carbons (Fsp3) is 0.214. The lowest BCUT2D eigenvalue weighted by atomic mass is 10.1. The standard InChI is InChI=1S/C14H13FN2OS/c15-13-2-1-10(6-16)5-12(13)7-17-8-14(18)11-3-4-19-9-11/h1-5,9,14,17-18H,7-8H2. The van der Waals surface area contributed by atoms with Crippen LogP contribution in [0.15, 0.2) is 35.0 Å². The Balaban J connectivity index is 1.91. The average Bonchev–Trinajstić information content (AvgIpc) is 2.95. The first kappa shape index (κ1) is 13.7. The zero-order valence-corrected chi connectivity index (χ0v) is 11.0. The number of nitrogens with zero attached hydrogens (tertiary/aromatic N) is 1. The molecule has 0 bridgehead atoms. The zero-order valence-electron chi connectivity index (χ0n) is 10.1. The highest BCUT2D eigenvalue weighted by Crippen LogP contribution is 2.15. The molecule has 2 N–H and O–H groups in total. The third-order valence-corrected chi connectivity index (χ3v) is 3.46. The van der Waals surface area contributed by atoms with Crippen LogP contribution in [0.25, 0.3) is 0 Å². The SMILES string of the molecule is N#Cc1ccc(F)c(CNCC(O)c2ccsc2)c1. The van der Waals surface area contributed by atoms with Crippen molar-refractivity contribution in [2.75, 3.05) is 6.54 Å². The van der Waals surface area contributed by atoms with E-state index in [1.165, 1.54) is 29.5 Å². The van der Waals surface area contributed by atoms with E-state index in [0.29, 0.717) is 17.7 Å². The van der Waals surface area contributed by atoms with Crippen molar-refractivity contribution in [2.45, 2.75) is 12.6 Å². The van der Waals surface area contributed by atoms with E-state index in [1.54, 1.807) is 0 Å². The molecule has 0 aliphatic rings. The second kappa shape index (κ2) is 6.43. The summed E-state index contributed by atoms with van der Waals surface area (Å²) in [5.74, 6) is -0.350. The number of hydrogen-bond acceptors (Lipinski definition) is 4. The Kier molecular flexibility index (Phi) is 4.63. The third kappa shape index (κ3) is 3.61. The first-order chi connectivity index (χ1) is 9.20. The van der Waals surface area contributed by atoms with Gasteiger partial charge in [-0.1, -0.05) is 0 Å². The number of benzene rings is 1. The number of aliphatic hydroxyl groups excluding tert-OH is 1. The lowest BCUT2D eigenvalue weighted by Gasteiger charge is -2.11. The molecule has 0 saturated heterocycles. The molecular weight excluding hydrogens is 263 g/mol. The van der Waals surface area contributed by atoms with Crippen LogP contribution in [0, 0.1) is 17.1 Å². The number of thiophene rings is 1. The number of aliphatic hydroxyl groups is 1. The van der Waals surface area contributed by atoms with Crippen molar-refractivity contribution >= 4 is 11.3 Å². The molecule has 1 aromatic carbocycles. The number of halogens is 1. The number of nitriles is 1. The van der Waals surface area contributed by atoms with E-state index in [4.69, 9.17) is 5.26 Å². The molecule has 2 aromatic rings. The molecule has 98 valence electrons. The highest BCUT2D eigenvalue weighted by molar-refractivity contribution is 7.07. The fourth-order valence-corrected chi connectivity index (χ4v) is 2.41. The van der Waals surface area contributed by atoms with Crippen molar-refractivity contribution < 1.29 is 9.50 Å². The Morgan fingerprint density at radius 1 is 1.42 bits per heavy atom. The van der Waals surface area contributed by atoms with Gasteiger partial charge in [0.25, 0.3) is 0 Å². The van der Waals surface area contributed by atoms with Crippen molar-refractivity contribution in [3.63, 3.8) is 0 Å². The van der Waals surface area contributed by atoms with Crippen LogP contribution in [-0.4, -0.2) is 11.7 Å². The molecule has 1 unspecified atom stereocenters. The van der Waals surface area contributed by atoms with Crippen LogP contribution < -0.4 is 5.32 Å². The first-order valence-electron chi connectivity index (χ1n) is 5.80. The first-order valence-corrected chi connectivity index (χ1v) is 6.74. The van der Waals surface area contributed by atoms with Crippen LogP contribution in [0.4, 0.5) is 4.39 Å². The van der Waals surface area contributed by atoms with Crippen LogP contribution in [0.2, 0.25) is 0 Å². The highest BCUT2D eigenvalue weighted by atomic mass is 32.1. The van der Waals surface area contributed by atoms with Gasteiger partial charge in [0.1, 0.15) is 5.82 Å². The minimum Gasteiger partial charge on any atom is -0.387 e. The molecule has 1 heterocycles. The van der Waals surface area contributed by atoms with Crippen LogP contribution in [0.3, 0.4) is 0 Å². The van der Waals surface area contributed by atoms with Gasteiger partial charge in [-0.3, -0.25) is 0 Å². The van der Waals surface area contributed by atoms with E-state index in [1.807, 2.05) is 22.9 Å². The average molecular weight is 276 g/mol. The summed E-state index contributed by atoms with van der Waals surface area (Å²) in [5.41, 5.74) is 1.71. The molecule has 5 heteroatoms. The van der Waals surface area contributed by atoms with E-state index < -0.39 is 6.10 Å². The minimum atomic E-state index is -0.603. The molecule has 0 saturated carbocycles. The Morgan fingerprint density at radius 3 is 2.95 bits per heavy atom. The minimum absolute atomic E-state index is 0.280. The zero-order chi connectivity index (χ0) is 13.7. The second-order valence-electron chi connectivity index (χ2n) is 4.12. The molecule has 0 spiro atoms. The largest absolute Gasteiger partial charge is 0.387 e. The van der Waals surface area contributed by atoms with E-state index in [-0.39, 0.29) is 12.4 Å². The summed E-state index contributed by atoms with van der Waals surface area (Å²) in [5, 5.41) is 25.4. The summed E-state index contributed by atoms with van der Waals surface area (Å²) in [4.78, 5) is 0. The van der Waals surface area contributed by atoms with Crippen molar-refractivity contribution in [1.82, 2.24) is 5.32 Å². The number of rotatable bonds is 5. The van der Waals surface area contributed by atoms with Gasteiger partial charge in [-0.2, -0.15) is 16.6 Å². The van der Waals surface area contributed by atoms with Crippen LogP contribution >= 0.6 is 11.3 Å². The van der Waals surface area contributed by atoms with Gasteiger partial charge in [-0.25, -0.2) is 4.39 Å². The molecule has 3 nitrogen and oxygen atoms in total. The monoisotopic (exact) mass is 276 g/mol. The van der Waals surface area contributed by atoms with Crippen molar-refractivity contribution in [3.05, 3.63) is 57.5 Å². The molecule has 0 fully saturated rings. The molecule has 1 aromatic heterocycles. The van der Waals surface area contributed by atoms with E-state index in [2.05, 4.69) is 5.32 Å². The van der Waals surface area contributed by atoms with Gasteiger partial charge in [0.05, 0.1) is 17.7 Å². The van der Waals surface area contributed by atoms with Gasteiger partial charge in [0.15, 0.2) is 0 Å². The Hall–Kier alpha value is -1.74. The van der Waals surface area contributed by atoms with Crippen molar-refractivity contribution in [1.29, 1.82) is 5.26 Å². The topological polar surface area (TPSA) is 56.0 Å². The van der Waals surface area contributed by atoms with Crippen molar-refractivity contribution in [2.24, 2.45) is 0 Å². The molecule has 0 aliphatic heterocycles. The number of nitrogens with one attached hydrogen (secondary N) is 1. The lowest BCUT2D eigenvalue weighted by Crippen LogP contribution is -2.21. The van der Waals surface area contributed by atoms with E-state index in [9.17, 15) is 9.50 Å². The van der Waals surface area contributed by atoms with Gasteiger partial charge in [-0.15, -0.1) is 0 Å². The number of hydrogen-bond donors (Lipinski definition) is 2. The highest BCUT2D eigenvalue weighted by Gasteiger charge is 2.08. The Bertz CT molecular complexity index is 578. The van der Waals surface area contributed by atoms with Crippen molar-refractivity contribution in [3.8, 4) is 6.07 Å². The van der Waals surface area contributed by atoms with Crippen LogP contribution in [0.1, 0.15) is 22.8 Å². The third-order valence-electron chi connectivity index (χ3n) is 2.76. The predicted octanol–water partition coefficient (Wildman–Crippen LogP) is 2.58.